The molecule has 0 saturated carbocycles. The predicted octanol–water partition coefficient (Wildman–Crippen LogP) is 7.91. The normalized spacial score (nSPS) is 16.6. The number of nitrogens with zero attached hydrogens (tertiary/aromatic N) is 2. The van der Waals surface area contributed by atoms with Crippen molar-refractivity contribution in [2.45, 2.75) is 28.1 Å². The fourth-order valence-electron chi connectivity index (χ4n) is 5.63. The second kappa shape index (κ2) is 10.8. The summed E-state index contributed by atoms with van der Waals surface area (Å²) in [5.41, 5.74) is 6.47. The quantitative estimate of drug-likeness (QED) is 0.0599. The first-order chi connectivity index (χ1) is 19.7. The van der Waals surface area contributed by atoms with E-state index in [1.807, 2.05) is 18.2 Å². The standard InChI is InChI=1S/C34H23N2OPS2.Au/c1-22(39)38-31-12-6-5-11-29(31)37-30-16-14-25(21-32(30)38)36-27-10-4-7-13-33(27)40-34-17-15-24(20-28(34)36)35-19-18-23-8-2-3-9-26(23)35;/h2-8,10-17,19,22,39H,18H2,1H3;/q-2;/p-1. The number of hydrogen-bond donors (Lipinski definition) is 0. The van der Waals surface area contributed by atoms with Gasteiger partial charge in [0.15, 0.2) is 0 Å². The summed E-state index contributed by atoms with van der Waals surface area (Å²) in [6, 6.07) is 42.6. The molecular formula is C34H22AuN2OPS2-3. The predicted molar refractivity (Wildman–Crippen MR) is 169 cm³/mol. The summed E-state index contributed by atoms with van der Waals surface area (Å²) < 4.78 is 8.56. The molecule has 0 bridgehead atoms. The van der Waals surface area contributed by atoms with Gasteiger partial charge in [-0.1, -0.05) is 78.8 Å². The summed E-state index contributed by atoms with van der Waals surface area (Å²) in [5, 5.41) is 2.25. The van der Waals surface area contributed by atoms with Crippen molar-refractivity contribution in [2.24, 2.45) is 0 Å². The molecule has 205 valence electrons. The Morgan fingerprint density at radius 3 is 2.68 bits per heavy atom. The van der Waals surface area contributed by atoms with E-state index in [0.29, 0.717) is 0 Å². The van der Waals surface area contributed by atoms with E-state index >= 15 is 0 Å². The Bertz CT molecular complexity index is 1860. The Morgan fingerprint density at radius 1 is 0.927 bits per heavy atom. The Hall–Kier alpha value is -2.76. The van der Waals surface area contributed by atoms with E-state index in [0.717, 1.165) is 56.6 Å². The number of ether oxygens (including phenoxy) is 1. The van der Waals surface area contributed by atoms with Crippen molar-refractivity contribution in [3.05, 3.63) is 115 Å². The van der Waals surface area contributed by atoms with Crippen LogP contribution in [0.1, 0.15) is 12.5 Å². The molecule has 0 spiro atoms. The summed E-state index contributed by atoms with van der Waals surface area (Å²) in [5.74, 6) is 1.75. The Morgan fingerprint density at radius 2 is 1.78 bits per heavy atom. The monoisotopic (exact) mass is 766 g/mol. The Kier molecular flexibility index (Phi) is 7.15. The zero-order valence-corrected chi connectivity index (χ0v) is 26.6. The molecule has 3 nitrogen and oxygen atoms in total. The molecule has 0 saturated heterocycles. The van der Waals surface area contributed by atoms with Crippen LogP contribution < -0.4 is 24.8 Å². The molecule has 8 rings (SSSR count). The van der Waals surface area contributed by atoms with Gasteiger partial charge in [0, 0.05) is 44.8 Å². The van der Waals surface area contributed by atoms with E-state index in [1.165, 1.54) is 15.8 Å². The second-order valence-electron chi connectivity index (χ2n) is 9.86. The van der Waals surface area contributed by atoms with Gasteiger partial charge in [-0.3, -0.25) is 0 Å². The largest absolute Gasteiger partial charge is 0.784 e. The number of para-hydroxylation sites is 3. The van der Waals surface area contributed by atoms with Crippen LogP contribution in [0, 0.1) is 18.2 Å². The summed E-state index contributed by atoms with van der Waals surface area (Å²) in [4.78, 5) is 4.69. The van der Waals surface area contributed by atoms with Crippen LogP contribution in [0.2, 0.25) is 0 Å². The van der Waals surface area contributed by atoms with Gasteiger partial charge in [0.05, 0.1) is 5.69 Å². The fraction of sp³-hybridized carbons (Fsp3) is 0.0882. The maximum Gasteiger partial charge on any atom is 0.141 e. The Labute approximate surface area is 266 Å². The number of hydrogen-bond acceptors (Lipinski definition) is 4. The summed E-state index contributed by atoms with van der Waals surface area (Å²) in [6.07, 6.45) is 3.10. The molecule has 0 N–H and O–H groups in total. The Balaban J connectivity index is 0.00000276. The van der Waals surface area contributed by atoms with E-state index in [1.54, 1.807) is 11.8 Å². The molecule has 5 aromatic rings. The van der Waals surface area contributed by atoms with Gasteiger partial charge in [-0.05, 0) is 23.9 Å². The molecular weight excluding hydrogens is 744 g/mol. The average molecular weight is 767 g/mol. The van der Waals surface area contributed by atoms with Gasteiger partial charge >= 0.3 is 0 Å². The van der Waals surface area contributed by atoms with Crippen molar-refractivity contribution in [1.82, 2.24) is 4.58 Å². The van der Waals surface area contributed by atoms with Crippen molar-refractivity contribution in [1.29, 1.82) is 0 Å². The molecule has 7 heteroatoms. The molecule has 5 aromatic carbocycles. The molecule has 2 atom stereocenters. The van der Waals surface area contributed by atoms with Gasteiger partial charge in [0.1, 0.15) is 23.3 Å². The molecule has 0 amide bonds. The first-order valence-electron chi connectivity index (χ1n) is 13.2. The van der Waals surface area contributed by atoms with E-state index < -0.39 is 7.92 Å². The maximum atomic E-state index is 6.35. The molecule has 2 unspecified atom stereocenters. The third-order valence-corrected chi connectivity index (χ3v) is 11.6. The minimum absolute atomic E-state index is 0. The molecule has 3 aliphatic rings. The number of fused-ring (bicyclic) bond motifs is 5. The molecule has 0 aromatic heterocycles. The summed E-state index contributed by atoms with van der Waals surface area (Å²) >= 11 is 7.69. The summed E-state index contributed by atoms with van der Waals surface area (Å²) in [7, 11) is -0.802. The van der Waals surface area contributed by atoms with Gasteiger partial charge < -0.3 is 22.3 Å². The van der Waals surface area contributed by atoms with Crippen molar-refractivity contribution >= 4 is 77.6 Å². The molecule has 3 heterocycles. The van der Waals surface area contributed by atoms with E-state index in [9.17, 15) is 0 Å². The fourth-order valence-corrected chi connectivity index (χ4v) is 9.50. The van der Waals surface area contributed by atoms with Gasteiger partial charge in [-0.2, -0.15) is 36.0 Å². The van der Waals surface area contributed by atoms with Gasteiger partial charge in [0.25, 0.3) is 0 Å². The van der Waals surface area contributed by atoms with Crippen molar-refractivity contribution in [3.8, 4) is 11.5 Å². The van der Waals surface area contributed by atoms with Crippen LogP contribution in [0.15, 0.2) is 101 Å². The van der Waals surface area contributed by atoms with Gasteiger partial charge in [-0.15, -0.1) is 29.3 Å². The molecule has 1 radical (unpaired) electrons. The van der Waals surface area contributed by atoms with Crippen LogP contribution >= 0.6 is 19.7 Å². The van der Waals surface area contributed by atoms with Crippen LogP contribution in [0.25, 0.3) is 0 Å². The average Bonchev–Trinajstić information content (AvgIpc) is 3.42. The SMILES string of the molecule is CC([S-])P1c2[c-]c(N3c4[c-]c([N+]5=CCc6ccc[c-]c65)ccc4Sc4ccccc43)ccc2Oc2ccccc21.[Au]. The zero-order chi connectivity index (χ0) is 26.8. The van der Waals surface area contributed by atoms with Crippen molar-refractivity contribution in [3.63, 3.8) is 0 Å². The van der Waals surface area contributed by atoms with Crippen LogP contribution in [0.4, 0.5) is 28.4 Å². The third kappa shape index (κ3) is 4.51. The second-order valence-corrected chi connectivity index (χ2v) is 14.4. The molecule has 41 heavy (non-hydrogen) atoms. The van der Waals surface area contributed by atoms with Crippen molar-refractivity contribution < 1.29 is 27.1 Å². The topological polar surface area (TPSA) is 15.5 Å². The van der Waals surface area contributed by atoms with Crippen LogP contribution in [0.5, 0.6) is 11.5 Å². The van der Waals surface area contributed by atoms with Crippen LogP contribution in [0.3, 0.4) is 0 Å². The number of rotatable bonds is 3. The minimum Gasteiger partial charge on any atom is -0.784 e. The van der Waals surface area contributed by atoms with Crippen molar-refractivity contribution in [2.75, 3.05) is 4.90 Å². The first kappa shape index (κ1) is 27.1. The third-order valence-electron chi connectivity index (χ3n) is 7.40. The molecule has 0 aliphatic carbocycles. The molecule has 3 aliphatic heterocycles. The number of anilines is 3. The zero-order valence-electron chi connectivity index (χ0n) is 21.9. The maximum absolute atomic E-state index is 6.35. The number of benzene rings is 5. The first-order valence-corrected chi connectivity index (χ1v) is 15.9. The van der Waals surface area contributed by atoms with E-state index in [2.05, 4.69) is 114 Å². The van der Waals surface area contributed by atoms with Crippen LogP contribution in [-0.2, 0) is 41.4 Å². The van der Waals surface area contributed by atoms with Crippen LogP contribution in [-0.4, -0.2) is 11.2 Å². The molecule has 0 fully saturated rings. The minimum atomic E-state index is -0.802. The smallest absolute Gasteiger partial charge is 0.141 e. The van der Waals surface area contributed by atoms with E-state index in [4.69, 9.17) is 17.4 Å². The van der Waals surface area contributed by atoms with E-state index in [-0.39, 0.29) is 27.4 Å². The van der Waals surface area contributed by atoms with Gasteiger partial charge in [0.2, 0.25) is 0 Å². The van der Waals surface area contributed by atoms with Gasteiger partial charge in [-0.25, -0.2) is 4.58 Å². The summed E-state index contributed by atoms with van der Waals surface area (Å²) in [6.45, 7) is 2.12.